The van der Waals surface area contributed by atoms with Crippen LogP contribution in [0, 0.1) is 6.92 Å². The number of halogens is 1. The second-order valence-electron chi connectivity index (χ2n) is 3.33. The lowest BCUT2D eigenvalue weighted by Crippen LogP contribution is -2.14. The van der Waals surface area contributed by atoms with Gasteiger partial charge in [0.2, 0.25) is 5.95 Å². The largest absolute Gasteiger partial charge is 0.290 e. The maximum atomic E-state index is 11.8. The summed E-state index contributed by atoms with van der Waals surface area (Å²) in [6, 6.07) is 3.28. The third kappa shape index (κ3) is 2.76. The van der Waals surface area contributed by atoms with Gasteiger partial charge in [-0.05, 0) is 19.1 Å². The minimum atomic E-state index is -0.358. The van der Waals surface area contributed by atoms with Gasteiger partial charge in [-0.25, -0.2) is 9.97 Å². The quantitative estimate of drug-likeness (QED) is 0.884. The summed E-state index contributed by atoms with van der Waals surface area (Å²) in [6.45, 7) is 1.82. The van der Waals surface area contributed by atoms with E-state index in [-0.39, 0.29) is 16.9 Å². The zero-order valence-corrected chi connectivity index (χ0v) is 9.77. The predicted octanol–water partition coefficient (Wildman–Crippen LogP) is 2.09. The Hall–Kier alpha value is -2.01. The van der Waals surface area contributed by atoms with E-state index in [0.717, 1.165) is 5.69 Å². The SMILES string of the molecule is Cc1ccnc(NC(=O)c2ccncc2Cl)n1. The van der Waals surface area contributed by atoms with E-state index in [1.165, 1.54) is 18.5 Å². The maximum Gasteiger partial charge on any atom is 0.259 e. The number of pyridine rings is 1. The molecule has 2 aromatic rings. The Morgan fingerprint density at radius 3 is 2.88 bits per heavy atom. The molecule has 2 aromatic heterocycles. The summed E-state index contributed by atoms with van der Waals surface area (Å²) in [5.41, 5.74) is 1.11. The lowest BCUT2D eigenvalue weighted by molar-refractivity contribution is 0.102. The molecule has 0 unspecified atom stereocenters. The van der Waals surface area contributed by atoms with Crippen molar-refractivity contribution in [2.75, 3.05) is 5.32 Å². The topological polar surface area (TPSA) is 67.8 Å². The Morgan fingerprint density at radius 1 is 1.35 bits per heavy atom. The summed E-state index contributed by atoms with van der Waals surface area (Å²) in [7, 11) is 0. The van der Waals surface area contributed by atoms with Gasteiger partial charge in [-0.15, -0.1) is 0 Å². The van der Waals surface area contributed by atoms with Gasteiger partial charge in [0.15, 0.2) is 0 Å². The molecule has 5 nitrogen and oxygen atoms in total. The molecule has 0 saturated heterocycles. The molecule has 0 radical (unpaired) electrons. The van der Waals surface area contributed by atoms with E-state index in [0.29, 0.717) is 5.56 Å². The summed E-state index contributed by atoms with van der Waals surface area (Å²) < 4.78 is 0. The molecule has 2 rings (SSSR count). The molecule has 0 aliphatic carbocycles. The maximum absolute atomic E-state index is 11.8. The molecular formula is C11H9ClN4O. The molecule has 0 aliphatic heterocycles. The van der Waals surface area contributed by atoms with E-state index >= 15 is 0 Å². The molecule has 6 heteroatoms. The highest BCUT2D eigenvalue weighted by Gasteiger charge is 2.11. The first-order valence-corrected chi connectivity index (χ1v) is 5.25. The Morgan fingerprint density at radius 2 is 2.18 bits per heavy atom. The van der Waals surface area contributed by atoms with Gasteiger partial charge in [-0.3, -0.25) is 15.1 Å². The molecule has 1 amide bonds. The zero-order chi connectivity index (χ0) is 12.3. The van der Waals surface area contributed by atoms with Crippen molar-refractivity contribution in [3.63, 3.8) is 0 Å². The van der Waals surface area contributed by atoms with E-state index in [4.69, 9.17) is 11.6 Å². The number of nitrogens with one attached hydrogen (secondary N) is 1. The number of anilines is 1. The van der Waals surface area contributed by atoms with Gasteiger partial charge in [-0.2, -0.15) is 0 Å². The van der Waals surface area contributed by atoms with Crippen molar-refractivity contribution in [3.8, 4) is 0 Å². The summed E-state index contributed by atoms with van der Waals surface area (Å²) >= 11 is 5.85. The van der Waals surface area contributed by atoms with Crippen LogP contribution >= 0.6 is 11.6 Å². The minimum absolute atomic E-state index is 0.253. The van der Waals surface area contributed by atoms with Gasteiger partial charge in [0, 0.05) is 24.3 Å². The van der Waals surface area contributed by atoms with Crippen LogP contribution in [0.5, 0.6) is 0 Å². The van der Waals surface area contributed by atoms with E-state index in [1.54, 1.807) is 12.3 Å². The van der Waals surface area contributed by atoms with Crippen molar-refractivity contribution >= 4 is 23.5 Å². The van der Waals surface area contributed by atoms with Gasteiger partial charge in [-0.1, -0.05) is 11.6 Å². The highest BCUT2D eigenvalue weighted by molar-refractivity contribution is 6.34. The summed E-state index contributed by atoms with van der Waals surface area (Å²) in [6.07, 6.45) is 4.48. The number of aromatic nitrogens is 3. The van der Waals surface area contributed by atoms with Crippen LogP contribution in [0.25, 0.3) is 0 Å². The molecule has 17 heavy (non-hydrogen) atoms. The third-order valence-electron chi connectivity index (χ3n) is 2.04. The average molecular weight is 249 g/mol. The van der Waals surface area contributed by atoms with Crippen LogP contribution in [0.15, 0.2) is 30.7 Å². The fourth-order valence-corrected chi connectivity index (χ4v) is 1.44. The average Bonchev–Trinajstić information content (AvgIpc) is 2.29. The van der Waals surface area contributed by atoms with Crippen LogP contribution in [0.1, 0.15) is 16.1 Å². The highest BCUT2D eigenvalue weighted by Crippen LogP contribution is 2.14. The Kier molecular flexibility index (Phi) is 3.30. The fourth-order valence-electron chi connectivity index (χ4n) is 1.24. The molecule has 0 bridgehead atoms. The van der Waals surface area contributed by atoms with Crippen LogP contribution in [0.4, 0.5) is 5.95 Å². The monoisotopic (exact) mass is 248 g/mol. The second-order valence-corrected chi connectivity index (χ2v) is 3.74. The van der Waals surface area contributed by atoms with Crippen molar-refractivity contribution in [2.45, 2.75) is 6.92 Å². The minimum Gasteiger partial charge on any atom is -0.290 e. The van der Waals surface area contributed by atoms with Crippen LogP contribution in [0.3, 0.4) is 0 Å². The predicted molar refractivity (Wildman–Crippen MR) is 64.0 cm³/mol. The van der Waals surface area contributed by atoms with E-state index in [9.17, 15) is 4.79 Å². The zero-order valence-electron chi connectivity index (χ0n) is 9.01. The molecule has 86 valence electrons. The molecule has 0 saturated carbocycles. The van der Waals surface area contributed by atoms with Crippen molar-refractivity contribution in [3.05, 3.63) is 47.0 Å². The first kappa shape index (κ1) is 11.5. The lowest BCUT2D eigenvalue weighted by atomic mass is 10.2. The van der Waals surface area contributed by atoms with Crippen molar-refractivity contribution in [1.82, 2.24) is 15.0 Å². The molecule has 0 spiro atoms. The third-order valence-corrected chi connectivity index (χ3v) is 2.34. The standard InChI is InChI=1S/C11H9ClN4O/c1-7-2-5-14-11(15-7)16-10(17)8-3-4-13-6-9(8)12/h2-6H,1H3,(H,14,15,16,17). The van der Waals surface area contributed by atoms with Crippen molar-refractivity contribution in [1.29, 1.82) is 0 Å². The molecule has 0 aliphatic rings. The molecular weight excluding hydrogens is 240 g/mol. The second kappa shape index (κ2) is 4.88. The number of hydrogen-bond donors (Lipinski definition) is 1. The van der Waals surface area contributed by atoms with Gasteiger partial charge in [0.05, 0.1) is 10.6 Å². The number of rotatable bonds is 2. The molecule has 2 heterocycles. The number of amides is 1. The number of nitrogens with zero attached hydrogens (tertiary/aromatic N) is 3. The normalized spacial score (nSPS) is 10.0. The number of carbonyl (C=O) groups excluding carboxylic acids is 1. The number of aryl methyl sites for hydroxylation is 1. The summed E-state index contributed by atoms with van der Waals surface area (Å²) in [5.74, 6) is -0.106. The highest BCUT2D eigenvalue weighted by atomic mass is 35.5. The van der Waals surface area contributed by atoms with E-state index < -0.39 is 0 Å². The van der Waals surface area contributed by atoms with Crippen LogP contribution in [-0.4, -0.2) is 20.9 Å². The van der Waals surface area contributed by atoms with Gasteiger partial charge >= 0.3 is 0 Å². The van der Waals surface area contributed by atoms with Crippen LogP contribution < -0.4 is 5.32 Å². The van der Waals surface area contributed by atoms with Gasteiger partial charge < -0.3 is 0 Å². The fraction of sp³-hybridized carbons (Fsp3) is 0.0909. The summed E-state index contributed by atoms with van der Waals surface area (Å²) in [5, 5.41) is 2.86. The molecule has 0 atom stereocenters. The molecule has 0 fully saturated rings. The lowest BCUT2D eigenvalue weighted by Gasteiger charge is -2.04. The van der Waals surface area contributed by atoms with E-state index in [2.05, 4.69) is 20.3 Å². The first-order chi connectivity index (χ1) is 8.16. The Balaban J connectivity index is 2.20. The Bertz CT molecular complexity index is 559. The molecule has 1 N–H and O–H groups in total. The number of hydrogen-bond acceptors (Lipinski definition) is 4. The van der Waals surface area contributed by atoms with Gasteiger partial charge in [0.25, 0.3) is 5.91 Å². The molecule has 0 aromatic carbocycles. The van der Waals surface area contributed by atoms with Gasteiger partial charge in [0.1, 0.15) is 0 Å². The Labute approximate surface area is 103 Å². The first-order valence-electron chi connectivity index (χ1n) is 4.87. The van der Waals surface area contributed by atoms with E-state index in [1.807, 2.05) is 6.92 Å². The van der Waals surface area contributed by atoms with Crippen LogP contribution in [-0.2, 0) is 0 Å². The van der Waals surface area contributed by atoms with Crippen molar-refractivity contribution < 1.29 is 4.79 Å². The smallest absolute Gasteiger partial charge is 0.259 e. The summed E-state index contributed by atoms with van der Waals surface area (Å²) in [4.78, 5) is 23.6. The van der Waals surface area contributed by atoms with Crippen molar-refractivity contribution in [2.24, 2.45) is 0 Å². The van der Waals surface area contributed by atoms with Crippen LogP contribution in [0.2, 0.25) is 5.02 Å². The number of carbonyl (C=O) groups is 1.